The molecule has 2 heterocycles. The van der Waals surface area contributed by atoms with Crippen LogP contribution in [-0.4, -0.2) is 54.9 Å². The maximum atomic E-state index is 13.0. The first-order valence-electron chi connectivity index (χ1n) is 10.4. The van der Waals surface area contributed by atoms with Crippen LogP contribution in [0.25, 0.3) is 0 Å². The summed E-state index contributed by atoms with van der Waals surface area (Å²) in [5.74, 6) is 1.11. The van der Waals surface area contributed by atoms with Crippen molar-refractivity contribution in [1.82, 2.24) is 9.97 Å². The number of benzene rings is 2. The molecule has 1 aliphatic rings. The quantitative estimate of drug-likeness (QED) is 0.302. The smallest absolute Gasteiger partial charge is 0.234 e. The highest BCUT2D eigenvalue weighted by Crippen LogP contribution is 2.25. The average molecular weight is 488 g/mol. The molecule has 1 fully saturated rings. The molecule has 2 aromatic carbocycles. The standard InChI is InChI=1S/C23H23ClFN5O2S/c1-32-19-8-6-18(7-9-19)29-10-12-30(13-11-29)21-14-20(24)27-23(28-21)33-15-22(31)26-17-4-2-16(25)3-5-17/h2-9,14H,10-13,15H2,1H3,(H,26,31). The molecule has 0 radical (unpaired) electrons. The van der Waals surface area contributed by atoms with Crippen LogP contribution in [0.15, 0.2) is 59.8 Å². The normalized spacial score (nSPS) is 13.7. The Morgan fingerprint density at radius 2 is 1.73 bits per heavy atom. The number of piperazine rings is 1. The van der Waals surface area contributed by atoms with Crippen molar-refractivity contribution in [2.75, 3.05) is 54.2 Å². The van der Waals surface area contributed by atoms with E-state index in [2.05, 4.69) is 37.2 Å². The van der Waals surface area contributed by atoms with Crippen LogP contribution >= 0.6 is 23.4 Å². The minimum absolute atomic E-state index is 0.113. The second kappa shape index (κ2) is 10.7. The monoisotopic (exact) mass is 487 g/mol. The third-order valence-corrected chi connectivity index (χ3v) is 6.20. The van der Waals surface area contributed by atoms with Crippen LogP contribution in [0.2, 0.25) is 5.15 Å². The van der Waals surface area contributed by atoms with E-state index in [4.69, 9.17) is 16.3 Å². The third kappa shape index (κ3) is 6.27. The van der Waals surface area contributed by atoms with E-state index in [1.807, 2.05) is 12.1 Å². The largest absolute Gasteiger partial charge is 0.497 e. The lowest BCUT2D eigenvalue weighted by Gasteiger charge is -2.36. The van der Waals surface area contributed by atoms with Crippen LogP contribution in [0.4, 0.5) is 21.6 Å². The number of amides is 1. The predicted molar refractivity (Wildman–Crippen MR) is 130 cm³/mol. The molecule has 10 heteroatoms. The highest BCUT2D eigenvalue weighted by atomic mass is 35.5. The summed E-state index contributed by atoms with van der Waals surface area (Å²) in [6.45, 7) is 3.26. The van der Waals surface area contributed by atoms with Crippen molar-refractivity contribution in [2.24, 2.45) is 0 Å². The first-order chi connectivity index (χ1) is 16.0. The Bertz CT molecular complexity index is 1090. The van der Waals surface area contributed by atoms with Crippen molar-refractivity contribution in [3.63, 3.8) is 0 Å². The summed E-state index contributed by atoms with van der Waals surface area (Å²) in [6.07, 6.45) is 0. The van der Waals surface area contributed by atoms with Crippen molar-refractivity contribution in [3.8, 4) is 5.75 Å². The fourth-order valence-corrected chi connectivity index (χ4v) is 4.34. The number of hydrogen-bond donors (Lipinski definition) is 1. The van der Waals surface area contributed by atoms with Crippen LogP contribution in [-0.2, 0) is 4.79 Å². The summed E-state index contributed by atoms with van der Waals surface area (Å²) >= 11 is 7.44. The fourth-order valence-electron chi connectivity index (χ4n) is 3.46. The lowest BCUT2D eigenvalue weighted by atomic mass is 10.2. The first-order valence-corrected chi connectivity index (χ1v) is 11.7. The highest BCUT2D eigenvalue weighted by molar-refractivity contribution is 7.99. The van der Waals surface area contributed by atoms with E-state index in [0.29, 0.717) is 16.0 Å². The van der Waals surface area contributed by atoms with E-state index in [9.17, 15) is 9.18 Å². The summed E-state index contributed by atoms with van der Waals surface area (Å²) in [4.78, 5) is 25.5. The van der Waals surface area contributed by atoms with Crippen LogP contribution in [0.3, 0.4) is 0 Å². The number of methoxy groups -OCH3 is 1. The molecule has 1 N–H and O–H groups in total. The fraction of sp³-hybridized carbons (Fsp3) is 0.261. The van der Waals surface area contributed by atoms with Crippen LogP contribution in [0.1, 0.15) is 0 Å². The van der Waals surface area contributed by atoms with Crippen molar-refractivity contribution in [1.29, 1.82) is 0 Å². The number of carbonyl (C=O) groups excluding carboxylic acids is 1. The number of hydrogen-bond acceptors (Lipinski definition) is 7. The molecular formula is C23H23ClFN5O2S. The van der Waals surface area contributed by atoms with E-state index in [1.165, 1.54) is 36.0 Å². The molecule has 0 saturated carbocycles. The molecule has 172 valence electrons. The van der Waals surface area contributed by atoms with Gasteiger partial charge in [0.15, 0.2) is 5.16 Å². The molecular weight excluding hydrogens is 465 g/mol. The second-order valence-corrected chi connectivity index (χ2v) is 8.68. The van der Waals surface area contributed by atoms with Crippen LogP contribution in [0.5, 0.6) is 5.75 Å². The lowest BCUT2D eigenvalue weighted by Crippen LogP contribution is -2.46. The molecule has 0 aliphatic carbocycles. The molecule has 1 aromatic heterocycles. The maximum Gasteiger partial charge on any atom is 0.234 e. The van der Waals surface area contributed by atoms with Gasteiger partial charge in [0.25, 0.3) is 0 Å². The molecule has 0 atom stereocenters. The Balaban J connectivity index is 1.33. The Morgan fingerprint density at radius 1 is 1.06 bits per heavy atom. The molecule has 1 saturated heterocycles. The topological polar surface area (TPSA) is 70.6 Å². The average Bonchev–Trinajstić information content (AvgIpc) is 2.84. The van der Waals surface area contributed by atoms with Gasteiger partial charge in [-0.25, -0.2) is 14.4 Å². The zero-order chi connectivity index (χ0) is 23.2. The number of thioether (sulfide) groups is 1. The number of ether oxygens (including phenoxy) is 1. The summed E-state index contributed by atoms with van der Waals surface area (Å²) in [5, 5.41) is 3.49. The minimum atomic E-state index is -0.355. The number of nitrogens with zero attached hydrogens (tertiary/aromatic N) is 4. The van der Waals surface area contributed by atoms with Crippen molar-refractivity contribution < 1.29 is 13.9 Å². The second-order valence-electron chi connectivity index (χ2n) is 7.35. The SMILES string of the molecule is COc1ccc(N2CCN(c3cc(Cl)nc(SCC(=O)Nc4ccc(F)cc4)n3)CC2)cc1. The van der Waals surface area contributed by atoms with Crippen molar-refractivity contribution in [3.05, 3.63) is 65.6 Å². The minimum Gasteiger partial charge on any atom is -0.497 e. The first kappa shape index (κ1) is 23.1. The summed E-state index contributed by atoms with van der Waals surface area (Å²) in [5.41, 5.74) is 1.68. The Hall–Kier alpha value is -3.04. The molecule has 33 heavy (non-hydrogen) atoms. The van der Waals surface area contributed by atoms with Gasteiger partial charge in [0.2, 0.25) is 5.91 Å². The maximum absolute atomic E-state index is 13.0. The Morgan fingerprint density at radius 3 is 2.39 bits per heavy atom. The lowest BCUT2D eigenvalue weighted by molar-refractivity contribution is -0.113. The molecule has 0 unspecified atom stereocenters. The van der Waals surface area contributed by atoms with Crippen molar-refractivity contribution in [2.45, 2.75) is 5.16 Å². The van der Waals surface area contributed by atoms with Gasteiger partial charge in [-0.3, -0.25) is 4.79 Å². The molecule has 1 aliphatic heterocycles. The zero-order valence-electron chi connectivity index (χ0n) is 18.0. The summed E-state index contributed by atoms with van der Waals surface area (Å²) < 4.78 is 18.2. The number of anilines is 3. The van der Waals surface area contributed by atoms with E-state index in [-0.39, 0.29) is 17.5 Å². The number of carbonyl (C=O) groups is 1. The van der Waals surface area contributed by atoms with Gasteiger partial charge in [-0.1, -0.05) is 23.4 Å². The number of nitrogens with one attached hydrogen (secondary N) is 1. The van der Waals surface area contributed by atoms with Crippen LogP contribution in [0, 0.1) is 5.82 Å². The Kier molecular flexibility index (Phi) is 7.51. The van der Waals surface area contributed by atoms with Gasteiger partial charge in [0, 0.05) is 43.6 Å². The predicted octanol–water partition coefficient (Wildman–Crippen LogP) is 4.34. The molecule has 1 amide bonds. The van der Waals surface area contributed by atoms with Gasteiger partial charge >= 0.3 is 0 Å². The van der Waals surface area contributed by atoms with Crippen molar-refractivity contribution >= 4 is 46.5 Å². The third-order valence-electron chi connectivity index (χ3n) is 5.16. The number of aromatic nitrogens is 2. The number of rotatable bonds is 7. The molecule has 3 aromatic rings. The van der Waals surface area contributed by atoms with Gasteiger partial charge in [-0.05, 0) is 48.5 Å². The van der Waals surface area contributed by atoms with Gasteiger partial charge in [0.1, 0.15) is 22.5 Å². The summed E-state index contributed by atoms with van der Waals surface area (Å²) in [7, 11) is 1.66. The number of halogens is 2. The van der Waals surface area contributed by atoms with Gasteiger partial charge in [-0.2, -0.15) is 0 Å². The van der Waals surface area contributed by atoms with Crippen LogP contribution < -0.4 is 19.9 Å². The summed E-state index contributed by atoms with van der Waals surface area (Å²) in [6, 6.07) is 15.4. The van der Waals surface area contributed by atoms with Gasteiger partial charge in [-0.15, -0.1) is 0 Å². The Labute approximate surface area is 200 Å². The van der Waals surface area contributed by atoms with E-state index in [0.717, 1.165) is 43.4 Å². The van der Waals surface area contributed by atoms with E-state index < -0.39 is 0 Å². The molecule has 7 nitrogen and oxygen atoms in total. The molecule has 0 bridgehead atoms. The highest BCUT2D eigenvalue weighted by Gasteiger charge is 2.20. The molecule has 0 spiro atoms. The molecule has 4 rings (SSSR count). The zero-order valence-corrected chi connectivity index (χ0v) is 19.6. The van der Waals surface area contributed by atoms with E-state index >= 15 is 0 Å². The van der Waals surface area contributed by atoms with Gasteiger partial charge in [0.05, 0.1) is 12.9 Å². The van der Waals surface area contributed by atoms with Gasteiger partial charge < -0.3 is 19.9 Å². The van der Waals surface area contributed by atoms with E-state index in [1.54, 1.807) is 13.2 Å².